The van der Waals surface area contributed by atoms with Crippen molar-refractivity contribution in [1.29, 1.82) is 0 Å². The van der Waals surface area contributed by atoms with Crippen molar-refractivity contribution < 1.29 is 9.84 Å². The Kier molecular flexibility index (Phi) is 3.08. The number of hydrogen-bond donors (Lipinski definition) is 1. The fraction of sp³-hybridized carbons (Fsp3) is 0.538. The molecule has 2 rings (SSSR count). The molecule has 1 aliphatic rings. The minimum atomic E-state index is -0.495. The number of benzene rings is 1. The first kappa shape index (κ1) is 10.7. The van der Waals surface area contributed by atoms with E-state index in [1.807, 2.05) is 0 Å². The zero-order chi connectivity index (χ0) is 10.7. The second-order valence-electron chi connectivity index (χ2n) is 4.32. The highest BCUT2D eigenvalue weighted by atomic mass is 16.5. The van der Waals surface area contributed by atoms with E-state index in [1.165, 1.54) is 5.56 Å². The second kappa shape index (κ2) is 4.33. The van der Waals surface area contributed by atoms with Crippen LogP contribution in [0.1, 0.15) is 30.4 Å². The van der Waals surface area contributed by atoms with Crippen molar-refractivity contribution in [2.24, 2.45) is 0 Å². The molecule has 82 valence electrons. The summed E-state index contributed by atoms with van der Waals surface area (Å²) in [6.07, 6.45) is 3.93. The van der Waals surface area contributed by atoms with Crippen molar-refractivity contribution >= 4 is 0 Å². The van der Waals surface area contributed by atoms with Crippen LogP contribution < -0.4 is 0 Å². The first-order valence-electron chi connectivity index (χ1n) is 5.55. The molecule has 2 heteroatoms. The lowest BCUT2D eigenvalue weighted by Gasteiger charge is -2.08. The van der Waals surface area contributed by atoms with E-state index in [4.69, 9.17) is 4.74 Å². The molecule has 1 aromatic carbocycles. The third-order valence-electron chi connectivity index (χ3n) is 3.03. The van der Waals surface area contributed by atoms with Gasteiger partial charge in [0.05, 0.1) is 5.60 Å². The van der Waals surface area contributed by atoms with Crippen LogP contribution in [-0.4, -0.2) is 18.8 Å². The summed E-state index contributed by atoms with van der Waals surface area (Å²) in [7, 11) is 1.73. The van der Waals surface area contributed by atoms with Crippen LogP contribution in [0.4, 0.5) is 0 Å². The molecule has 1 fully saturated rings. The summed E-state index contributed by atoms with van der Waals surface area (Å²) < 4.78 is 5.01. The number of methoxy groups -OCH3 is 1. The van der Waals surface area contributed by atoms with Gasteiger partial charge in [0.2, 0.25) is 0 Å². The van der Waals surface area contributed by atoms with Crippen molar-refractivity contribution in [3.05, 3.63) is 35.4 Å². The molecule has 0 amide bonds. The number of aliphatic hydroxyl groups is 1. The highest BCUT2D eigenvalue weighted by molar-refractivity contribution is 5.30. The Bertz CT molecular complexity index is 312. The minimum absolute atomic E-state index is 0.495. The van der Waals surface area contributed by atoms with Crippen LogP contribution in [0.25, 0.3) is 0 Å². The highest BCUT2D eigenvalue weighted by Crippen LogP contribution is 2.45. The monoisotopic (exact) mass is 206 g/mol. The van der Waals surface area contributed by atoms with Crippen LogP contribution in [-0.2, 0) is 16.8 Å². The zero-order valence-electron chi connectivity index (χ0n) is 9.20. The molecule has 0 spiro atoms. The van der Waals surface area contributed by atoms with E-state index in [9.17, 15) is 5.11 Å². The normalized spacial score (nSPS) is 17.7. The van der Waals surface area contributed by atoms with Gasteiger partial charge in [-0.25, -0.2) is 0 Å². The molecule has 2 nitrogen and oxygen atoms in total. The molecular formula is C13H18O2. The molecule has 1 N–H and O–H groups in total. The van der Waals surface area contributed by atoms with Gasteiger partial charge in [-0.1, -0.05) is 24.3 Å². The Morgan fingerprint density at radius 1 is 1.27 bits per heavy atom. The Morgan fingerprint density at radius 2 is 1.93 bits per heavy atom. The average Bonchev–Trinajstić information content (AvgIpc) is 2.99. The number of ether oxygens (including phenoxy) is 1. The second-order valence-corrected chi connectivity index (χ2v) is 4.32. The van der Waals surface area contributed by atoms with Gasteiger partial charge in [-0.05, 0) is 36.8 Å². The van der Waals surface area contributed by atoms with Gasteiger partial charge in [0.25, 0.3) is 0 Å². The quantitative estimate of drug-likeness (QED) is 0.749. The summed E-state index contributed by atoms with van der Waals surface area (Å²) in [6.45, 7) is 0.811. The lowest BCUT2D eigenvalue weighted by Crippen LogP contribution is -2.03. The fourth-order valence-electron chi connectivity index (χ4n) is 1.81. The van der Waals surface area contributed by atoms with Gasteiger partial charge in [0.15, 0.2) is 0 Å². The lowest BCUT2D eigenvalue weighted by atomic mass is 10.0. The molecule has 0 saturated heterocycles. The van der Waals surface area contributed by atoms with Gasteiger partial charge in [-0.15, -0.1) is 0 Å². The molecule has 0 unspecified atom stereocenters. The standard InChI is InChI=1S/C13H18O2/c1-15-10-2-3-11-4-6-12(7-5-11)13(14)8-9-13/h4-7,14H,2-3,8-10H2,1H3. The molecule has 0 aliphatic heterocycles. The van der Waals surface area contributed by atoms with Gasteiger partial charge < -0.3 is 9.84 Å². The van der Waals surface area contributed by atoms with Gasteiger partial charge in [-0.3, -0.25) is 0 Å². The van der Waals surface area contributed by atoms with E-state index in [-0.39, 0.29) is 0 Å². The molecule has 1 saturated carbocycles. The van der Waals surface area contributed by atoms with Crippen LogP contribution >= 0.6 is 0 Å². The van der Waals surface area contributed by atoms with Crippen LogP contribution in [0.15, 0.2) is 24.3 Å². The Labute approximate surface area is 90.9 Å². The maximum Gasteiger partial charge on any atom is 0.0899 e. The van der Waals surface area contributed by atoms with Crippen molar-refractivity contribution in [1.82, 2.24) is 0 Å². The Morgan fingerprint density at radius 3 is 2.47 bits per heavy atom. The van der Waals surface area contributed by atoms with Crippen LogP contribution in [0.3, 0.4) is 0 Å². The SMILES string of the molecule is COCCCc1ccc(C2(O)CC2)cc1. The van der Waals surface area contributed by atoms with E-state index in [0.717, 1.165) is 37.9 Å². The minimum Gasteiger partial charge on any atom is -0.385 e. The molecule has 15 heavy (non-hydrogen) atoms. The van der Waals surface area contributed by atoms with Crippen molar-refractivity contribution in [2.45, 2.75) is 31.3 Å². The summed E-state index contributed by atoms with van der Waals surface area (Å²) in [5.41, 5.74) is 1.89. The third-order valence-corrected chi connectivity index (χ3v) is 3.03. The van der Waals surface area contributed by atoms with Gasteiger partial charge in [0, 0.05) is 13.7 Å². The van der Waals surface area contributed by atoms with E-state index < -0.39 is 5.60 Å². The Balaban J connectivity index is 1.92. The summed E-state index contributed by atoms with van der Waals surface area (Å²) in [4.78, 5) is 0. The number of aryl methyl sites for hydroxylation is 1. The molecule has 0 heterocycles. The van der Waals surface area contributed by atoms with Crippen LogP contribution in [0.5, 0.6) is 0 Å². The molecule has 0 radical (unpaired) electrons. The fourth-order valence-corrected chi connectivity index (χ4v) is 1.81. The molecule has 0 aromatic heterocycles. The van der Waals surface area contributed by atoms with Crippen LogP contribution in [0, 0.1) is 0 Å². The Hall–Kier alpha value is -0.860. The maximum absolute atomic E-state index is 9.89. The van der Waals surface area contributed by atoms with Gasteiger partial charge in [0.1, 0.15) is 0 Å². The van der Waals surface area contributed by atoms with E-state index in [0.29, 0.717) is 0 Å². The lowest BCUT2D eigenvalue weighted by molar-refractivity contribution is 0.151. The first-order chi connectivity index (χ1) is 7.24. The summed E-state index contributed by atoms with van der Waals surface area (Å²) in [5, 5.41) is 9.89. The van der Waals surface area contributed by atoms with E-state index >= 15 is 0 Å². The van der Waals surface area contributed by atoms with Crippen LogP contribution in [0.2, 0.25) is 0 Å². The first-order valence-corrected chi connectivity index (χ1v) is 5.55. The number of rotatable bonds is 5. The van der Waals surface area contributed by atoms with E-state index in [1.54, 1.807) is 7.11 Å². The van der Waals surface area contributed by atoms with Crippen molar-refractivity contribution in [2.75, 3.05) is 13.7 Å². The average molecular weight is 206 g/mol. The molecule has 1 aliphatic carbocycles. The largest absolute Gasteiger partial charge is 0.385 e. The number of hydrogen-bond acceptors (Lipinski definition) is 2. The summed E-state index contributed by atoms with van der Waals surface area (Å²) >= 11 is 0. The third kappa shape index (κ3) is 2.58. The summed E-state index contributed by atoms with van der Waals surface area (Å²) in [5.74, 6) is 0. The maximum atomic E-state index is 9.89. The van der Waals surface area contributed by atoms with E-state index in [2.05, 4.69) is 24.3 Å². The highest BCUT2D eigenvalue weighted by Gasteiger charge is 2.41. The molecule has 0 atom stereocenters. The molecule has 1 aromatic rings. The summed E-state index contributed by atoms with van der Waals surface area (Å²) in [6, 6.07) is 8.33. The topological polar surface area (TPSA) is 29.5 Å². The molecule has 0 bridgehead atoms. The van der Waals surface area contributed by atoms with Gasteiger partial charge >= 0.3 is 0 Å². The van der Waals surface area contributed by atoms with Gasteiger partial charge in [-0.2, -0.15) is 0 Å². The molecular weight excluding hydrogens is 188 g/mol. The predicted octanol–water partition coefficient (Wildman–Crippen LogP) is 2.25. The van der Waals surface area contributed by atoms with Crippen molar-refractivity contribution in [3.63, 3.8) is 0 Å². The zero-order valence-corrected chi connectivity index (χ0v) is 9.20. The van der Waals surface area contributed by atoms with Crippen molar-refractivity contribution in [3.8, 4) is 0 Å². The predicted molar refractivity (Wildman–Crippen MR) is 59.8 cm³/mol. The smallest absolute Gasteiger partial charge is 0.0899 e.